The van der Waals surface area contributed by atoms with E-state index in [2.05, 4.69) is 78.6 Å². The molecule has 1 aromatic heterocycles. The van der Waals surface area contributed by atoms with Gasteiger partial charge in [0.2, 0.25) is 0 Å². The van der Waals surface area contributed by atoms with E-state index in [1.54, 1.807) is 0 Å². The fourth-order valence-corrected chi connectivity index (χ4v) is 4.45. The number of hydrogen-bond acceptors (Lipinski definition) is 4. The van der Waals surface area contributed by atoms with E-state index < -0.39 is 5.76 Å². The lowest BCUT2D eigenvalue weighted by Crippen LogP contribution is -2.24. The molecule has 1 fully saturated rings. The summed E-state index contributed by atoms with van der Waals surface area (Å²) in [5.74, 6) is 1.57. The minimum atomic E-state index is -0.555. The number of aromatic nitrogens is 2. The van der Waals surface area contributed by atoms with Gasteiger partial charge in [-0.15, -0.1) is 0 Å². The molecule has 1 aliphatic carbocycles. The van der Waals surface area contributed by atoms with Crippen LogP contribution in [0.25, 0.3) is 22.5 Å². The van der Waals surface area contributed by atoms with Crippen LogP contribution in [0.1, 0.15) is 44.2 Å². The predicted octanol–water partition coefficient (Wildman–Crippen LogP) is 6.40. The minimum Gasteiger partial charge on any atom is -0.493 e. The Labute approximate surface area is 199 Å². The first-order chi connectivity index (χ1) is 16.5. The third-order valence-electron chi connectivity index (χ3n) is 6.95. The fraction of sp³-hybridized carbons (Fsp3) is 0.310. The fourth-order valence-electron chi connectivity index (χ4n) is 4.45. The van der Waals surface area contributed by atoms with Crippen LogP contribution in [0, 0.1) is 5.92 Å². The van der Waals surface area contributed by atoms with Crippen LogP contribution < -0.4 is 10.5 Å². The largest absolute Gasteiger partial charge is 0.493 e. The molecule has 5 rings (SSSR count). The summed E-state index contributed by atoms with van der Waals surface area (Å²) >= 11 is 0. The Balaban J connectivity index is 1.48. The van der Waals surface area contributed by atoms with E-state index in [1.807, 2.05) is 18.2 Å². The second-order valence-electron chi connectivity index (χ2n) is 9.56. The molecule has 1 heterocycles. The molecule has 1 atom stereocenters. The molecular weight excluding hydrogens is 424 g/mol. The van der Waals surface area contributed by atoms with Crippen molar-refractivity contribution in [3.05, 3.63) is 94.5 Å². The van der Waals surface area contributed by atoms with Gasteiger partial charge in [0.1, 0.15) is 5.75 Å². The Hall–Kier alpha value is -3.60. The topological polar surface area (TPSA) is 68.1 Å². The first-order valence-electron chi connectivity index (χ1n) is 12.0. The molecule has 174 valence electrons. The van der Waals surface area contributed by atoms with Gasteiger partial charge in [0.25, 0.3) is 0 Å². The number of nitrogens with zero attached hydrogens (tertiary/aromatic N) is 1. The van der Waals surface area contributed by atoms with Crippen molar-refractivity contribution in [2.45, 2.75) is 44.9 Å². The van der Waals surface area contributed by atoms with Crippen LogP contribution in [-0.2, 0) is 11.8 Å². The number of benzene rings is 3. The average Bonchev–Trinajstić information content (AvgIpc) is 3.61. The van der Waals surface area contributed by atoms with Crippen LogP contribution in [-0.4, -0.2) is 16.7 Å². The third-order valence-corrected chi connectivity index (χ3v) is 6.95. The zero-order valence-corrected chi connectivity index (χ0v) is 19.7. The van der Waals surface area contributed by atoms with Gasteiger partial charge in [-0.05, 0) is 77.5 Å². The average molecular weight is 455 g/mol. The summed E-state index contributed by atoms with van der Waals surface area (Å²) in [5, 5.41) is 3.98. The molecule has 0 aliphatic heterocycles. The van der Waals surface area contributed by atoms with E-state index in [0.717, 1.165) is 47.8 Å². The Bertz CT molecular complexity index is 1320. The van der Waals surface area contributed by atoms with Crippen molar-refractivity contribution < 1.29 is 9.26 Å². The smallest absolute Gasteiger partial charge is 0.439 e. The quantitative estimate of drug-likeness (QED) is 0.318. The Morgan fingerprint density at radius 2 is 1.85 bits per heavy atom. The molecule has 4 aromatic rings. The highest BCUT2D eigenvalue weighted by molar-refractivity contribution is 5.80. The molecule has 1 aliphatic rings. The molecule has 1 saturated carbocycles. The summed E-state index contributed by atoms with van der Waals surface area (Å²) in [6.07, 6.45) is 4.39. The van der Waals surface area contributed by atoms with E-state index in [-0.39, 0.29) is 5.41 Å². The molecule has 5 nitrogen and oxygen atoms in total. The minimum absolute atomic E-state index is 0.0677. The number of H-pyrrole nitrogens is 1. The van der Waals surface area contributed by atoms with Crippen molar-refractivity contribution in [1.82, 2.24) is 10.1 Å². The molecule has 0 bridgehead atoms. The number of ether oxygens (including phenoxy) is 1. The lowest BCUT2D eigenvalue weighted by atomic mass is 9.75. The first kappa shape index (κ1) is 22.2. The first-order valence-corrected chi connectivity index (χ1v) is 12.0. The van der Waals surface area contributed by atoms with Gasteiger partial charge in [-0.3, -0.25) is 9.51 Å². The molecule has 0 amide bonds. The maximum Gasteiger partial charge on any atom is 0.439 e. The van der Waals surface area contributed by atoms with Gasteiger partial charge in [0, 0.05) is 5.56 Å². The highest BCUT2D eigenvalue weighted by Gasteiger charge is 2.27. The standard InChI is InChI=1S/C29H30N2O3/c1-3-29(2,23-10-7-11-24(17-23)33-19-20-12-13-20)18-21-14-15-25(22-8-5-4-6-9-22)26(16-21)27-30-28(32)34-31-27/h4-11,14-17,20H,3,12-13,18-19H2,1-2H3,(H,30,31,32). The number of nitrogens with one attached hydrogen (secondary N) is 1. The van der Waals surface area contributed by atoms with Gasteiger partial charge in [-0.2, -0.15) is 0 Å². The lowest BCUT2D eigenvalue weighted by Gasteiger charge is -2.30. The van der Waals surface area contributed by atoms with E-state index in [0.29, 0.717) is 5.82 Å². The van der Waals surface area contributed by atoms with Crippen molar-refractivity contribution in [1.29, 1.82) is 0 Å². The highest BCUT2D eigenvalue weighted by Crippen LogP contribution is 2.37. The van der Waals surface area contributed by atoms with Crippen molar-refractivity contribution >= 4 is 0 Å². The van der Waals surface area contributed by atoms with E-state index in [9.17, 15) is 4.79 Å². The van der Waals surface area contributed by atoms with Crippen LogP contribution in [0.3, 0.4) is 0 Å². The van der Waals surface area contributed by atoms with Gasteiger partial charge in [-0.1, -0.05) is 73.6 Å². The summed E-state index contributed by atoms with van der Waals surface area (Å²) in [6, 6.07) is 25.1. The van der Waals surface area contributed by atoms with Gasteiger partial charge in [-0.25, -0.2) is 4.79 Å². The van der Waals surface area contributed by atoms with Crippen LogP contribution in [0.4, 0.5) is 0 Å². The van der Waals surface area contributed by atoms with Gasteiger partial charge < -0.3 is 4.74 Å². The molecule has 3 aromatic carbocycles. The summed E-state index contributed by atoms with van der Waals surface area (Å²) < 4.78 is 10.9. The number of aromatic amines is 1. The molecule has 0 radical (unpaired) electrons. The zero-order valence-electron chi connectivity index (χ0n) is 19.7. The monoisotopic (exact) mass is 454 g/mol. The lowest BCUT2D eigenvalue weighted by molar-refractivity contribution is 0.298. The molecule has 5 heteroatoms. The number of hydrogen-bond donors (Lipinski definition) is 1. The zero-order chi connectivity index (χ0) is 23.5. The summed E-state index contributed by atoms with van der Waals surface area (Å²) in [7, 11) is 0. The maximum atomic E-state index is 11.7. The van der Waals surface area contributed by atoms with Crippen LogP contribution >= 0.6 is 0 Å². The SMILES string of the molecule is CCC(C)(Cc1ccc(-c2ccccc2)c(-c2noc(=O)[nH]2)c1)c1cccc(OCC2CC2)c1. The second kappa shape index (κ2) is 9.34. The van der Waals surface area contributed by atoms with Crippen LogP contribution in [0.15, 0.2) is 82.1 Å². The second-order valence-corrected chi connectivity index (χ2v) is 9.56. The van der Waals surface area contributed by atoms with Crippen molar-refractivity contribution in [2.75, 3.05) is 6.61 Å². The summed E-state index contributed by atoms with van der Waals surface area (Å²) in [6.45, 7) is 5.34. The molecule has 0 spiro atoms. The highest BCUT2D eigenvalue weighted by atomic mass is 16.5. The molecular formula is C29H30N2O3. The van der Waals surface area contributed by atoms with Crippen molar-refractivity contribution in [3.8, 4) is 28.3 Å². The number of rotatable bonds is 9. The van der Waals surface area contributed by atoms with Crippen molar-refractivity contribution in [2.24, 2.45) is 5.92 Å². The van der Waals surface area contributed by atoms with Crippen LogP contribution in [0.5, 0.6) is 5.75 Å². The molecule has 34 heavy (non-hydrogen) atoms. The Morgan fingerprint density at radius 3 is 2.56 bits per heavy atom. The van der Waals surface area contributed by atoms with E-state index in [1.165, 1.54) is 24.0 Å². The third kappa shape index (κ3) is 4.84. The predicted molar refractivity (Wildman–Crippen MR) is 134 cm³/mol. The van der Waals surface area contributed by atoms with Gasteiger partial charge in [0.15, 0.2) is 5.82 Å². The van der Waals surface area contributed by atoms with Gasteiger partial charge >= 0.3 is 5.76 Å². The molecule has 0 saturated heterocycles. The van der Waals surface area contributed by atoms with Gasteiger partial charge in [0.05, 0.1) is 6.61 Å². The van der Waals surface area contributed by atoms with Crippen molar-refractivity contribution in [3.63, 3.8) is 0 Å². The summed E-state index contributed by atoms with van der Waals surface area (Å²) in [5.41, 5.74) is 5.30. The molecule has 1 N–H and O–H groups in total. The normalized spacial score (nSPS) is 15.1. The maximum absolute atomic E-state index is 11.7. The Morgan fingerprint density at radius 1 is 1.03 bits per heavy atom. The Kier molecular flexibility index (Phi) is 6.10. The van der Waals surface area contributed by atoms with E-state index in [4.69, 9.17) is 9.26 Å². The van der Waals surface area contributed by atoms with Crippen LogP contribution in [0.2, 0.25) is 0 Å². The van der Waals surface area contributed by atoms with E-state index >= 15 is 0 Å². The summed E-state index contributed by atoms with van der Waals surface area (Å²) in [4.78, 5) is 14.4. The molecule has 1 unspecified atom stereocenters.